The van der Waals surface area contributed by atoms with E-state index in [-0.39, 0.29) is 12.5 Å². The first-order valence-electron chi connectivity index (χ1n) is 7.61. The van der Waals surface area contributed by atoms with E-state index in [0.29, 0.717) is 11.3 Å². The van der Waals surface area contributed by atoms with E-state index in [4.69, 9.17) is 0 Å². The number of benzene rings is 2. The van der Waals surface area contributed by atoms with E-state index >= 15 is 0 Å². The van der Waals surface area contributed by atoms with Crippen molar-refractivity contribution in [3.05, 3.63) is 70.2 Å². The minimum atomic E-state index is -0.177. The molecule has 0 atom stereocenters. The highest BCUT2D eigenvalue weighted by Crippen LogP contribution is 2.25. The molecule has 1 amide bonds. The summed E-state index contributed by atoms with van der Waals surface area (Å²) in [6.45, 7) is 3.82. The summed E-state index contributed by atoms with van der Waals surface area (Å²) in [6, 6.07) is 13.0. The lowest BCUT2D eigenvalue weighted by atomic mass is 10.1. The summed E-state index contributed by atoms with van der Waals surface area (Å²) >= 11 is 1.56. The van der Waals surface area contributed by atoms with Gasteiger partial charge in [-0.25, -0.2) is 4.98 Å². The van der Waals surface area contributed by atoms with Crippen LogP contribution in [0.25, 0.3) is 10.6 Å². The molecule has 0 unspecified atom stereocenters. The largest absolute Gasteiger partial charge is 0.392 e. The van der Waals surface area contributed by atoms with Crippen molar-refractivity contribution in [2.75, 3.05) is 5.32 Å². The summed E-state index contributed by atoms with van der Waals surface area (Å²) in [4.78, 5) is 17.0. The number of aliphatic hydroxyl groups excluding tert-OH is 1. The number of aliphatic hydroxyl groups is 1. The molecule has 0 spiro atoms. The summed E-state index contributed by atoms with van der Waals surface area (Å²) in [7, 11) is 0. The Morgan fingerprint density at radius 3 is 2.75 bits per heavy atom. The number of amides is 1. The van der Waals surface area contributed by atoms with Gasteiger partial charge >= 0.3 is 0 Å². The zero-order chi connectivity index (χ0) is 17.1. The Labute approximate surface area is 144 Å². The van der Waals surface area contributed by atoms with E-state index in [2.05, 4.69) is 10.3 Å². The predicted molar refractivity (Wildman–Crippen MR) is 97.3 cm³/mol. The second-order valence-electron chi connectivity index (χ2n) is 5.64. The highest BCUT2D eigenvalue weighted by molar-refractivity contribution is 7.13. The first-order valence-corrected chi connectivity index (χ1v) is 8.49. The number of nitrogens with one attached hydrogen (secondary N) is 1. The van der Waals surface area contributed by atoms with Crippen LogP contribution in [0.1, 0.15) is 27.2 Å². The molecule has 0 saturated carbocycles. The second-order valence-corrected chi connectivity index (χ2v) is 6.49. The maximum absolute atomic E-state index is 12.6. The van der Waals surface area contributed by atoms with Crippen molar-refractivity contribution in [3.63, 3.8) is 0 Å². The summed E-state index contributed by atoms with van der Waals surface area (Å²) in [5, 5.41) is 15.1. The molecular weight excluding hydrogens is 320 g/mol. The molecule has 2 N–H and O–H groups in total. The van der Waals surface area contributed by atoms with Crippen LogP contribution in [0, 0.1) is 13.8 Å². The molecule has 2 aromatic carbocycles. The molecule has 0 aliphatic carbocycles. The third kappa shape index (κ3) is 3.53. The minimum absolute atomic E-state index is 0.0535. The second kappa shape index (κ2) is 6.95. The molecule has 24 heavy (non-hydrogen) atoms. The van der Waals surface area contributed by atoms with Gasteiger partial charge in [0.25, 0.3) is 5.91 Å². The van der Waals surface area contributed by atoms with Crippen LogP contribution in [0.2, 0.25) is 0 Å². The highest BCUT2D eigenvalue weighted by atomic mass is 32.1. The fourth-order valence-corrected chi connectivity index (χ4v) is 3.17. The van der Waals surface area contributed by atoms with Crippen molar-refractivity contribution in [1.29, 1.82) is 0 Å². The third-order valence-electron chi connectivity index (χ3n) is 3.72. The lowest BCUT2D eigenvalue weighted by Crippen LogP contribution is -2.13. The van der Waals surface area contributed by atoms with Crippen molar-refractivity contribution >= 4 is 22.9 Å². The smallest absolute Gasteiger partial charge is 0.255 e. The van der Waals surface area contributed by atoms with E-state index in [1.807, 2.05) is 49.6 Å². The molecule has 0 saturated heterocycles. The standard InChI is InChI=1S/C19H18N2O2S/c1-12-6-7-14(10-22)8-17(12)21-18(23)15-4-3-5-16(9-15)19-20-13(2)11-24-19/h3-9,11,22H,10H2,1-2H3,(H,21,23). The third-order valence-corrected chi connectivity index (χ3v) is 4.73. The molecule has 5 heteroatoms. The molecule has 3 aromatic rings. The summed E-state index contributed by atoms with van der Waals surface area (Å²) in [5.41, 5.74) is 4.91. The van der Waals surface area contributed by atoms with Crippen LogP contribution >= 0.6 is 11.3 Å². The number of hydrogen-bond acceptors (Lipinski definition) is 4. The molecule has 1 aromatic heterocycles. The first-order chi connectivity index (χ1) is 11.6. The predicted octanol–water partition coefficient (Wildman–Crippen LogP) is 4.17. The number of nitrogens with zero attached hydrogens (tertiary/aromatic N) is 1. The minimum Gasteiger partial charge on any atom is -0.392 e. The van der Waals surface area contributed by atoms with Crippen molar-refractivity contribution in [3.8, 4) is 10.6 Å². The molecule has 122 valence electrons. The fraction of sp³-hybridized carbons (Fsp3) is 0.158. The molecule has 0 fully saturated rings. The van der Waals surface area contributed by atoms with Crippen LogP contribution < -0.4 is 5.32 Å². The van der Waals surface area contributed by atoms with E-state index in [1.165, 1.54) is 0 Å². The summed E-state index contributed by atoms with van der Waals surface area (Å²) in [5.74, 6) is -0.177. The Balaban J connectivity index is 1.85. The van der Waals surface area contributed by atoms with Crippen molar-refractivity contribution < 1.29 is 9.90 Å². The molecule has 0 aliphatic heterocycles. The lowest BCUT2D eigenvalue weighted by Gasteiger charge is -2.10. The van der Waals surface area contributed by atoms with E-state index in [1.54, 1.807) is 23.5 Å². The molecule has 0 bridgehead atoms. The van der Waals surface area contributed by atoms with Gasteiger partial charge in [-0.1, -0.05) is 24.3 Å². The number of aryl methyl sites for hydroxylation is 2. The van der Waals surface area contributed by atoms with Gasteiger partial charge in [0.1, 0.15) is 5.01 Å². The summed E-state index contributed by atoms with van der Waals surface area (Å²) < 4.78 is 0. The molecular formula is C19H18N2O2S. The monoisotopic (exact) mass is 338 g/mol. The number of aromatic nitrogens is 1. The quantitative estimate of drug-likeness (QED) is 0.750. The zero-order valence-electron chi connectivity index (χ0n) is 13.5. The van der Waals surface area contributed by atoms with Crippen LogP contribution in [0.15, 0.2) is 47.8 Å². The van der Waals surface area contributed by atoms with Crippen molar-refractivity contribution in [2.24, 2.45) is 0 Å². The van der Waals surface area contributed by atoms with Gasteiger partial charge in [0.15, 0.2) is 0 Å². The van der Waals surface area contributed by atoms with Crippen LogP contribution in [0.5, 0.6) is 0 Å². The molecule has 1 heterocycles. The normalized spacial score (nSPS) is 10.6. The fourth-order valence-electron chi connectivity index (χ4n) is 2.38. The van der Waals surface area contributed by atoms with Gasteiger partial charge in [0.05, 0.1) is 6.61 Å². The Morgan fingerprint density at radius 2 is 2.04 bits per heavy atom. The molecule has 3 rings (SSSR count). The number of carbonyl (C=O) groups excluding carboxylic acids is 1. The highest BCUT2D eigenvalue weighted by Gasteiger charge is 2.11. The number of carbonyl (C=O) groups is 1. The van der Waals surface area contributed by atoms with E-state index in [9.17, 15) is 9.90 Å². The number of anilines is 1. The maximum atomic E-state index is 12.6. The van der Waals surface area contributed by atoms with Gasteiger partial charge < -0.3 is 10.4 Å². The first kappa shape index (κ1) is 16.4. The Morgan fingerprint density at radius 1 is 1.21 bits per heavy atom. The van der Waals surface area contributed by atoms with E-state index < -0.39 is 0 Å². The summed E-state index contributed by atoms with van der Waals surface area (Å²) in [6.07, 6.45) is 0. The van der Waals surface area contributed by atoms with Crippen LogP contribution in [0.3, 0.4) is 0 Å². The Bertz CT molecular complexity index is 887. The van der Waals surface area contributed by atoms with Crippen molar-refractivity contribution in [2.45, 2.75) is 20.5 Å². The van der Waals surface area contributed by atoms with Crippen LogP contribution in [-0.2, 0) is 6.61 Å². The molecule has 0 aliphatic rings. The van der Waals surface area contributed by atoms with Gasteiger partial charge in [-0.2, -0.15) is 0 Å². The Hall–Kier alpha value is -2.50. The topological polar surface area (TPSA) is 62.2 Å². The van der Waals surface area contributed by atoms with Crippen molar-refractivity contribution in [1.82, 2.24) is 4.98 Å². The van der Waals surface area contributed by atoms with E-state index in [0.717, 1.165) is 27.4 Å². The van der Waals surface area contributed by atoms with Gasteiger partial charge in [0.2, 0.25) is 0 Å². The average molecular weight is 338 g/mol. The van der Waals surface area contributed by atoms with Gasteiger partial charge in [-0.05, 0) is 43.2 Å². The average Bonchev–Trinajstić information content (AvgIpc) is 3.03. The number of rotatable bonds is 4. The van der Waals surface area contributed by atoms with Crippen LogP contribution in [-0.4, -0.2) is 16.0 Å². The van der Waals surface area contributed by atoms with Crippen LogP contribution in [0.4, 0.5) is 5.69 Å². The lowest BCUT2D eigenvalue weighted by molar-refractivity contribution is 0.102. The van der Waals surface area contributed by atoms with Gasteiger partial charge in [0, 0.05) is 27.9 Å². The van der Waals surface area contributed by atoms with Gasteiger partial charge in [-0.15, -0.1) is 11.3 Å². The molecule has 0 radical (unpaired) electrons. The molecule has 4 nitrogen and oxygen atoms in total. The Kier molecular flexibility index (Phi) is 4.74. The number of hydrogen-bond donors (Lipinski definition) is 2. The number of thiazole rings is 1. The maximum Gasteiger partial charge on any atom is 0.255 e. The SMILES string of the molecule is Cc1csc(-c2cccc(C(=O)Nc3cc(CO)ccc3C)c2)n1. The van der Waals surface area contributed by atoms with Gasteiger partial charge in [-0.3, -0.25) is 4.79 Å². The zero-order valence-corrected chi connectivity index (χ0v) is 14.4.